The van der Waals surface area contributed by atoms with Crippen LogP contribution in [-0.4, -0.2) is 32.7 Å². The van der Waals surface area contributed by atoms with E-state index in [9.17, 15) is 26.4 Å². The molecule has 28 heavy (non-hydrogen) atoms. The van der Waals surface area contributed by atoms with E-state index in [4.69, 9.17) is 11.6 Å². The van der Waals surface area contributed by atoms with Gasteiger partial charge in [0.25, 0.3) is 0 Å². The summed E-state index contributed by atoms with van der Waals surface area (Å²) in [5.74, 6) is -0.591. The fourth-order valence-electron chi connectivity index (χ4n) is 2.14. The summed E-state index contributed by atoms with van der Waals surface area (Å²) in [6.45, 7) is 0. The van der Waals surface area contributed by atoms with E-state index in [1.807, 2.05) is 0 Å². The van der Waals surface area contributed by atoms with Crippen molar-refractivity contribution in [1.82, 2.24) is 4.31 Å². The number of alkyl halides is 3. The maximum atomic E-state index is 12.8. The van der Waals surface area contributed by atoms with Crippen LogP contribution in [0.4, 0.5) is 18.9 Å². The zero-order chi connectivity index (χ0) is 21.1. The van der Waals surface area contributed by atoms with Crippen molar-refractivity contribution in [2.75, 3.05) is 19.4 Å². The second-order valence-electron chi connectivity index (χ2n) is 5.87. The van der Waals surface area contributed by atoms with E-state index in [0.29, 0.717) is 5.69 Å². The van der Waals surface area contributed by atoms with Crippen LogP contribution in [0, 0.1) is 0 Å². The fraction of sp³-hybridized carbons (Fsp3) is 0.167. The number of halogens is 4. The number of rotatable bonds is 5. The molecule has 0 radical (unpaired) electrons. The number of nitrogens with zero attached hydrogens (tertiary/aromatic N) is 1. The van der Waals surface area contributed by atoms with Gasteiger partial charge in [0.1, 0.15) is 0 Å². The number of benzene rings is 2. The predicted octanol–water partition coefficient (Wildman–Crippen LogP) is 4.26. The zero-order valence-electron chi connectivity index (χ0n) is 14.8. The van der Waals surface area contributed by atoms with Crippen LogP contribution in [0.3, 0.4) is 0 Å². The summed E-state index contributed by atoms with van der Waals surface area (Å²) < 4.78 is 63.6. The van der Waals surface area contributed by atoms with Crippen LogP contribution in [0.1, 0.15) is 11.1 Å². The number of hydrogen-bond acceptors (Lipinski definition) is 3. The van der Waals surface area contributed by atoms with E-state index in [0.717, 1.165) is 22.5 Å². The molecular formula is C18H16ClF3N2O3S. The molecule has 0 aliphatic rings. The smallest absolute Gasteiger partial charge is 0.323 e. The normalized spacial score (nSPS) is 12.5. The first-order chi connectivity index (χ1) is 12.9. The molecule has 5 nitrogen and oxygen atoms in total. The maximum Gasteiger partial charge on any atom is 0.417 e. The summed E-state index contributed by atoms with van der Waals surface area (Å²) in [7, 11) is -0.785. The molecule has 2 aromatic carbocycles. The molecule has 2 aromatic rings. The van der Waals surface area contributed by atoms with Gasteiger partial charge < -0.3 is 5.32 Å². The molecule has 10 heteroatoms. The SMILES string of the molecule is CN(C)S(=O)(=O)c1ccc(NC(=O)/C=C\c2ccc(Cl)c(C(F)(F)F)c2)cc1. The molecule has 0 spiro atoms. The molecule has 0 aliphatic carbocycles. The van der Waals surface area contributed by atoms with Gasteiger partial charge in [-0.1, -0.05) is 17.7 Å². The Labute approximate surface area is 165 Å². The summed E-state index contributed by atoms with van der Waals surface area (Å²) in [5.41, 5.74) is -0.506. The largest absolute Gasteiger partial charge is 0.417 e. The summed E-state index contributed by atoms with van der Waals surface area (Å²) in [5, 5.41) is 2.07. The van der Waals surface area contributed by atoms with Gasteiger partial charge in [0.15, 0.2) is 0 Å². The van der Waals surface area contributed by atoms with Crippen LogP contribution in [0.25, 0.3) is 6.08 Å². The lowest BCUT2D eigenvalue weighted by Gasteiger charge is -2.11. The lowest BCUT2D eigenvalue weighted by molar-refractivity contribution is -0.137. The number of carbonyl (C=O) groups excluding carboxylic acids is 1. The third-order valence-electron chi connectivity index (χ3n) is 3.62. The molecule has 0 bridgehead atoms. The highest BCUT2D eigenvalue weighted by molar-refractivity contribution is 7.89. The van der Waals surface area contributed by atoms with Gasteiger partial charge in [-0.3, -0.25) is 4.79 Å². The number of amides is 1. The minimum Gasteiger partial charge on any atom is -0.323 e. The van der Waals surface area contributed by atoms with Crippen molar-refractivity contribution in [2.45, 2.75) is 11.1 Å². The average Bonchev–Trinajstić information content (AvgIpc) is 2.60. The van der Waals surface area contributed by atoms with Gasteiger partial charge in [0.05, 0.1) is 15.5 Å². The molecule has 0 aromatic heterocycles. The Bertz CT molecular complexity index is 1000. The highest BCUT2D eigenvalue weighted by Crippen LogP contribution is 2.35. The van der Waals surface area contributed by atoms with Crippen molar-refractivity contribution in [2.24, 2.45) is 0 Å². The zero-order valence-corrected chi connectivity index (χ0v) is 16.4. The Morgan fingerprint density at radius 1 is 1.11 bits per heavy atom. The molecule has 0 atom stereocenters. The Hall–Kier alpha value is -2.36. The fourth-order valence-corrected chi connectivity index (χ4v) is 3.27. The molecule has 0 unspecified atom stereocenters. The molecule has 1 N–H and O–H groups in total. The van der Waals surface area contributed by atoms with E-state index in [-0.39, 0.29) is 10.5 Å². The highest BCUT2D eigenvalue weighted by atomic mass is 35.5. The number of sulfonamides is 1. The minimum atomic E-state index is -4.60. The maximum absolute atomic E-state index is 12.8. The van der Waals surface area contributed by atoms with Gasteiger partial charge in [0.2, 0.25) is 15.9 Å². The second kappa shape index (κ2) is 8.34. The van der Waals surface area contributed by atoms with E-state index in [1.165, 1.54) is 50.5 Å². The van der Waals surface area contributed by atoms with Crippen molar-refractivity contribution >= 4 is 39.3 Å². The van der Waals surface area contributed by atoms with E-state index >= 15 is 0 Å². The second-order valence-corrected chi connectivity index (χ2v) is 8.43. The molecule has 0 heterocycles. The van der Waals surface area contributed by atoms with E-state index < -0.39 is 32.7 Å². The van der Waals surface area contributed by atoms with Crippen molar-refractivity contribution in [3.05, 3.63) is 64.7 Å². The standard InChI is InChI=1S/C18H16ClF3N2O3S/c1-24(2)28(26,27)14-7-5-13(6-8-14)23-17(25)10-4-12-3-9-16(19)15(11-12)18(20,21)22/h3-11H,1-2H3,(H,23,25)/b10-4-. The monoisotopic (exact) mass is 432 g/mol. The van der Waals surface area contributed by atoms with Crippen molar-refractivity contribution in [3.8, 4) is 0 Å². The number of anilines is 1. The number of hydrogen-bond donors (Lipinski definition) is 1. The molecular weight excluding hydrogens is 417 g/mol. The van der Waals surface area contributed by atoms with Gasteiger partial charge in [-0.15, -0.1) is 0 Å². The third kappa shape index (κ3) is 5.34. The van der Waals surface area contributed by atoms with E-state index in [2.05, 4.69) is 5.32 Å². The Kier molecular flexibility index (Phi) is 6.53. The number of carbonyl (C=O) groups is 1. The van der Waals surface area contributed by atoms with Crippen LogP contribution < -0.4 is 5.32 Å². The summed E-state index contributed by atoms with van der Waals surface area (Å²) in [6.07, 6.45) is -2.32. The van der Waals surface area contributed by atoms with Crippen molar-refractivity contribution < 1.29 is 26.4 Å². The van der Waals surface area contributed by atoms with Gasteiger partial charge in [-0.05, 0) is 48.0 Å². The van der Waals surface area contributed by atoms with Crippen LogP contribution in [0.2, 0.25) is 5.02 Å². The molecule has 1 amide bonds. The van der Waals surface area contributed by atoms with Crippen molar-refractivity contribution in [1.29, 1.82) is 0 Å². The first-order valence-corrected chi connectivity index (χ1v) is 9.61. The number of nitrogens with one attached hydrogen (secondary N) is 1. The molecule has 0 saturated heterocycles. The average molecular weight is 433 g/mol. The first-order valence-electron chi connectivity index (χ1n) is 7.79. The Morgan fingerprint density at radius 3 is 2.25 bits per heavy atom. The van der Waals surface area contributed by atoms with Gasteiger partial charge in [-0.2, -0.15) is 13.2 Å². The van der Waals surface area contributed by atoms with E-state index in [1.54, 1.807) is 0 Å². The molecule has 2 rings (SSSR count). The van der Waals surface area contributed by atoms with Crippen molar-refractivity contribution in [3.63, 3.8) is 0 Å². The molecule has 0 aliphatic heterocycles. The van der Waals surface area contributed by atoms with Crippen LogP contribution in [0.15, 0.2) is 53.4 Å². The predicted molar refractivity (Wildman–Crippen MR) is 101 cm³/mol. The Morgan fingerprint density at radius 2 is 1.71 bits per heavy atom. The van der Waals surface area contributed by atoms with Crippen LogP contribution >= 0.6 is 11.6 Å². The highest BCUT2D eigenvalue weighted by Gasteiger charge is 2.33. The lowest BCUT2D eigenvalue weighted by Crippen LogP contribution is -2.22. The first kappa shape index (κ1) is 21.9. The molecule has 150 valence electrons. The van der Waals surface area contributed by atoms with Gasteiger partial charge in [-0.25, -0.2) is 12.7 Å². The lowest BCUT2D eigenvalue weighted by atomic mass is 10.1. The van der Waals surface area contributed by atoms with Crippen LogP contribution in [0.5, 0.6) is 0 Å². The quantitative estimate of drug-likeness (QED) is 0.718. The van der Waals surface area contributed by atoms with Gasteiger partial charge >= 0.3 is 6.18 Å². The molecule has 0 fully saturated rings. The Balaban J connectivity index is 2.10. The van der Waals surface area contributed by atoms with Gasteiger partial charge in [0, 0.05) is 25.9 Å². The van der Waals surface area contributed by atoms with Crippen LogP contribution in [-0.2, 0) is 21.0 Å². The minimum absolute atomic E-state index is 0.0619. The summed E-state index contributed by atoms with van der Waals surface area (Å²) in [4.78, 5) is 12.0. The third-order valence-corrected chi connectivity index (χ3v) is 5.78. The summed E-state index contributed by atoms with van der Waals surface area (Å²) in [6, 6.07) is 8.78. The molecule has 0 saturated carbocycles. The topological polar surface area (TPSA) is 66.5 Å². The summed E-state index contributed by atoms with van der Waals surface area (Å²) >= 11 is 5.55.